The summed E-state index contributed by atoms with van der Waals surface area (Å²) >= 11 is 0. The van der Waals surface area contributed by atoms with E-state index in [1.165, 1.54) is 6.20 Å². The Hall–Kier alpha value is -2.89. The lowest BCUT2D eigenvalue weighted by molar-refractivity contribution is -0.137. The average molecular weight is 342 g/mol. The van der Waals surface area contributed by atoms with Crippen LogP contribution >= 0.6 is 0 Å². The zero-order chi connectivity index (χ0) is 18.2. The number of hydrogen-bond donors (Lipinski definition) is 1. The highest BCUT2D eigenvalue weighted by Crippen LogP contribution is 2.19. The number of benzene rings is 1. The molecule has 6 nitrogen and oxygen atoms in total. The summed E-state index contributed by atoms with van der Waals surface area (Å²) in [6.45, 7) is 4.63. The number of carbonyl (C=O) groups is 2. The highest BCUT2D eigenvalue weighted by molar-refractivity contribution is 5.94. The fourth-order valence-electron chi connectivity index (χ4n) is 2.31. The van der Waals surface area contributed by atoms with Gasteiger partial charge in [-0.15, -0.1) is 0 Å². The largest absolute Gasteiger partial charge is 0.481 e. The normalized spacial score (nSPS) is 10.5. The van der Waals surface area contributed by atoms with E-state index < -0.39 is 5.97 Å². The first-order valence-corrected chi connectivity index (χ1v) is 8.15. The van der Waals surface area contributed by atoms with Gasteiger partial charge in [-0.3, -0.25) is 9.59 Å². The summed E-state index contributed by atoms with van der Waals surface area (Å²) in [5, 5.41) is 8.86. The minimum absolute atomic E-state index is 0.0823. The van der Waals surface area contributed by atoms with Crippen molar-refractivity contribution in [3.05, 3.63) is 54.2 Å². The molecule has 0 aliphatic rings. The number of carboxylic acid groups (broad SMARTS) is 1. The molecule has 1 amide bonds. The molecule has 0 aliphatic carbocycles. The number of aliphatic carboxylic acids is 1. The van der Waals surface area contributed by atoms with Gasteiger partial charge >= 0.3 is 5.97 Å². The zero-order valence-corrected chi connectivity index (χ0v) is 14.4. The Kier molecular flexibility index (Phi) is 6.51. The molecule has 25 heavy (non-hydrogen) atoms. The fourth-order valence-corrected chi connectivity index (χ4v) is 2.31. The second kappa shape index (κ2) is 8.82. The topological polar surface area (TPSA) is 79.7 Å². The number of hydrogen-bond acceptors (Lipinski definition) is 4. The molecular formula is C19H22N2O4. The van der Waals surface area contributed by atoms with E-state index in [0.29, 0.717) is 23.7 Å². The number of carboxylic acids is 1. The third-order valence-electron chi connectivity index (χ3n) is 3.42. The number of nitrogens with zero attached hydrogens (tertiary/aromatic N) is 2. The number of pyridine rings is 1. The van der Waals surface area contributed by atoms with Crippen LogP contribution in [0, 0.1) is 5.92 Å². The van der Waals surface area contributed by atoms with Crippen molar-refractivity contribution in [3.8, 4) is 11.6 Å². The van der Waals surface area contributed by atoms with Crippen molar-refractivity contribution in [1.29, 1.82) is 0 Å². The van der Waals surface area contributed by atoms with Crippen LogP contribution < -0.4 is 4.74 Å². The molecule has 1 heterocycles. The lowest BCUT2D eigenvalue weighted by Gasteiger charge is -2.24. The smallest absolute Gasteiger partial charge is 0.305 e. The molecular weight excluding hydrogens is 320 g/mol. The summed E-state index contributed by atoms with van der Waals surface area (Å²) in [6, 6.07) is 12.5. The molecule has 0 bridgehead atoms. The van der Waals surface area contributed by atoms with Crippen molar-refractivity contribution in [2.24, 2.45) is 5.92 Å². The predicted molar refractivity (Wildman–Crippen MR) is 93.7 cm³/mol. The minimum Gasteiger partial charge on any atom is -0.481 e. The second-order valence-corrected chi connectivity index (χ2v) is 6.09. The molecule has 1 N–H and O–H groups in total. The first kappa shape index (κ1) is 18.4. The van der Waals surface area contributed by atoms with Gasteiger partial charge in [-0.25, -0.2) is 4.98 Å². The minimum atomic E-state index is -0.925. The van der Waals surface area contributed by atoms with E-state index in [1.807, 2.05) is 44.2 Å². The van der Waals surface area contributed by atoms with Crippen molar-refractivity contribution in [1.82, 2.24) is 9.88 Å². The Labute approximate surface area is 147 Å². The lowest BCUT2D eigenvalue weighted by atomic mass is 10.1. The van der Waals surface area contributed by atoms with Crippen LogP contribution in [0.1, 0.15) is 30.6 Å². The van der Waals surface area contributed by atoms with Crippen LogP contribution in [0.3, 0.4) is 0 Å². The van der Waals surface area contributed by atoms with E-state index in [0.717, 1.165) is 0 Å². The molecule has 0 radical (unpaired) electrons. The van der Waals surface area contributed by atoms with Crippen molar-refractivity contribution in [3.63, 3.8) is 0 Å². The van der Waals surface area contributed by atoms with Crippen LogP contribution in [-0.4, -0.2) is 40.0 Å². The van der Waals surface area contributed by atoms with Crippen molar-refractivity contribution < 1.29 is 19.4 Å². The molecule has 0 fully saturated rings. The Morgan fingerprint density at radius 3 is 2.44 bits per heavy atom. The first-order chi connectivity index (χ1) is 12.0. The second-order valence-electron chi connectivity index (χ2n) is 6.09. The van der Waals surface area contributed by atoms with Crippen molar-refractivity contribution >= 4 is 11.9 Å². The van der Waals surface area contributed by atoms with Gasteiger partial charge in [0.2, 0.25) is 5.88 Å². The number of aromatic nitrogens is 1. The molecule has 0 spiro atoms. The maximum absolute atomic E-state index is 12.6. The summed E-state index contributed by atoms with van der Waals surface area (Å²) in [5.74, 6) is 0.145. The van der Waals surface area contributed by atoms with E-state index in [4.69, 9.17) is 9.84 Å². The molecule has 2 aromatic rings. The highest BCUT2D eigenvalue weighted by Gasteiger charge is 2.18. The number of rotatable bonds is 8. The Morgan fingerprint density at radius 1 is 1.16 bits per heavy atom. The molecule has 0 saturated heterocycles. The van der Waals surface area contributed by atoms with Gasteiger partial charge in [0.1, 0.15) is 5.75 Å². The van der Waals surface area contributed by atoms with E-state index in [9.17, 15) is 9.59 Å². The van der Waals surface area contributed by atoms with E-state index >= 15 is 0 Å². The van der Waals surface area contributed by atoms with Gasteiger partial charge in [0, 0.05) is 25.4 Å². The lowest BCUT2D eigenvalue weighted by Crippen LogP contribution is -2.36. The molecule has 0 saturated carbocycles. The average Bonchev–Trinajstić information content (AvgIpc) is 2.59. The summed E-state index contributed by atoms with van der Waals surface area (Å²) in [4.78, 5) is 29.1. The SMILES string of the molecule is CC(C)CN(CCC(=O)O)C(=O)c1ccc(Oc2ccccc2)nc1. The number of carbonyl (C=O) groups excluding carboxylic acids is 1. The maximum Gasteiger partial charge on any atom is 0.305 e. The van der Waals surface area contributed by atoms with Crippen LogP contribution in [0.4, 0.5) is 0 Å². The van der Waals surface area contributed by atoms with Gasteiger partial charge in [-0.1, -0.05) is 32.0 Å². The standard InChI is InChI=1S/C19H22N2O4/c1-14(2)13-21(11-10-18(22)23)19(24)15-8-9-17(20-12-15)25-16-6-4-3-5-7-16/h3-9,12,14H,10-11,13H2,1-2H3,(H,22,23). The van der Waals surface area contributed by atoms with Gasteiger partial charge < -0.3 is 14.7 Å². The number of para-hydroxylation sites is 1. The molecule has 0 atom stereocenters. The van der Waals surface area contributed by atoms with Gasteiger partial charge in [-0.05, 0) is 24.1 Å². The Balaban J connectivity index is 2.07. The van der Waals surface area contributed by atoms with Gasteiger partial charge in [-0.2, -0.15) is 0 Å². The fraction of sp³-hybridized carbons (Fsp3) is 0.316. The molecule has 0 unspecified atom stereocenters. The number of amides is 1. The highest BCUT2D eigenvalue weighted by atomic mass is 16.5. The Morgan fingerprint density at radius 2 is 1.88 bits per heavy atom. The quantitative estimate of drug-likeness (QED) is 0.795. The van der Waals surface area contributed by atoms with E-state index in [2.05, 4.69) is 4.98 Å². The molecule has 1 aromatic carbocycles. The monoisotopic (exact) mass is 342 g/mol. The summed E-state index contributed by atoms with van der Waals surface area (Å²) < 4.78 is 5.60. The van der Waals surface area contributed by atoms with Gasteiger partial charge in [0.15, 0.2) is 0 Å². The first-order valence-electron chi connectivity index (χ1n) is 8.15. The van der Waals surface area contributed by atoms with E-state index in [1.54, 1.807) is 17.0 Å². The Bertz CT molecular complexity index is 699. The van der Waals surface area contributed by atoms with Crippen LogP contribution in [0.15, 0.2) is 48.7 Å². The van der Waals surface area contributed by atoms with Gasteiger partial charge in [0.25, 0.3) is 5.91 Å². The van der Waals surface area contributed by atoms with Crippen molar-refractivity contribution in [2.45, 2.75) is 20.3 Å². The zero-order valence-electron chi connectivity index (χ0n) is 14.4. The van der Waals surface area contributed by atoms with Crippen LogP contribution in [0.25, 0.3) is 0 Å². The third kappa shape index (κ3) is 5.91. The van der Waals surface area contributed by atoms with Crippen LogP contribution in [-0.2, 0) is 4.79 Å². The maximum atomic E-state index is 12.6. The summed E-state index contributed by atoms with van der Waals surface area (Å²) in [7, 11) is 0. The van der Waals surface area contributed by atoms with Crippen molar-refractivity contribution in [2.75, 3.05) is 13.1 Å². The summed E-state index contributed by atoms with van der Waals surface area (Å²) in [6.07, 6.45) is 1.37. The molecule has 6 heteroatoms. The van der Waals surface area contributed by atoms with Crippen LogP contribution in [0.5, 0.6) is 11.6 Å². The molecule has 1 aromatic heterocycles. The number of ether oxygens (including phenoxy) is 1. The molecule has 0 aliphatic heterocycles. The molecule has 2 rings (SSSR count). The molecule has 132 valence electrons. The predicted octanol–water partition coefficient (Wildman–Crippen LogP) is 3.45. The third-order valence-corrected chi connectivity index (χ3v) is 3.42. The van der Waals surface area contributed by atoms with Gasteiger partial charge in [0.05, 0.1) is 12.0 Å². The summed E-state index contributed by atoms with van der Waals surface area (Å²) in [5.41, 5.74) is 0.409. The van der Waals surface area contributed by atoms with E-state index in [-0.39, 0.29) is 24.8 Å². The van der Waals surface area contributed by atoms with Crippen LogP contribution in [0.2, 0.25) is 0 Å².